The summed E-state index contributed by atoms with van der Waals surface area (Å²) in [6, 6.07) is 19.1. The highest BCUT2D eigenvalue weighted by Crippen LogP contribution is 2.33. The van der Waals surface area contributed by atoms with Crippen molar-refractivity contribution < 1.29 is 4.79 Å². The highest BCUT2D eigenvalue weighted by molar-refractivity contribution is 6.30. The minimum absolute atomic E-state index is 0.0102. The number of rotatable bonds is 3. The van der Waals surface area contributed by atoms with Gasteiger partial charge in [-0.2, -0.15) is 0 Å². The van der Waals surface area contributed by atoms with Gasteiger partial charge in [0, 0.05) is 34.2 Å². The molecule has 1 amide bonds. The topological polar surface area (TPSA) is 45.2 Å². The third kappa shape index (κ3) is 3.16. The first kappa shape index (κ1) is 16.6. The monoisotopic (exact) mass is 363 g/mol. The number of benzene rings is 2. The second-order valence-electron chi connectivity index (χ2n) is 6.42. The second-order valence-corrected chi connectivity index (χ2v) is 6.86. The summed E-state index contributed by atoms with van der Waals surface area (Å²) >= 11 is 5.92. The fourth-order valence-corrected chi connectivity index (χ4v) is 3.45. The predicted octanol–water partition coefficient (Wildman–Crippen LogP) is 5.07. The summed E-state index contributed by atoms with van der Waals surface area (Å²) in [5.41, 5.74) is 3.68. The lowest BCUT2D eigenvalue weighted by Gasteiger charge is -2.23. The van der Waals surface area contributed by atoms with Crippen molar-refractivity contribution in [1.82, 2.24) is 4.98 Å². The Kier molecular flexibility index (Phi) is 4.35. The lowest BCUT2D eigenvalue weighted by atomic mass is 10.1. The van der Waals surface area contributed by atoms with Gasteiger partial charge in [0.1, 0.15) is 5.82 Å². The molecule has 0 bridgehead atoms. The molecule has 3 aromatic rings. The van der Waals surface area contributed by atoms with E-state index in [0.29, 0.717) is 16.4 Å². The van der Waals surface area contributed by atoms with E-state index in [-0.39, 0.29) is 11.9 Å². The number of carbonyl (C=O) groups is 1. The lowest BCUT2D eigenvalue weighted by Crippen LogP contribution is -2.35. The number of halogens is 1. The molecular formula is C21H18ClN3O. The van der Waals surface area contributed by atoms with E-state index in [4.69, 9.17) is 11.6 Å². The number of hydrogen-bond acceptors (Lipinski definition) is 3. The van der Waals surface area contributed by atoms with E-state index in [1.54, 1.807) is 18.3 Å². The molecule has 1 aliphatic heterocycles. The summed E-state index contributed by atoms with van der Waals surface area (Å²) in [7, 11) is 0. The minimum atomic E-state index is -0.0102. The third-order valence-electron chi connectivity index (χ3n) is 4.55. The Morgan fingerprint density at radius 1 is 1.15 bits per heavy atom. The minimum Gasteiger partial charge on any atom is -0.340 e. The van der Waals surface area contributed by atoms with Gasteiger partial charge in [-0.15, -0.1) is 0 Å². The number of anilines is 3. The fraction of sp³-hybridized carbons (Fsp3) is 0.143. The van der Waals surface area contributed by atoms with Gasteiger partial charge in [0.05, 0.1) is 0 Å². The van der Waals surface area contributed by atoms with E-state index in [0.717, 1.165) is 17.8 Å². The largest absolute Gasteiger partial charge is 0.340 e. The highest BCUT2D eigenvalue weighted by Gasteiger charge is 2.31. The van der Waals surface area contributed by atoms with Crippen LogP contribution in [-0.2, 0) is 6.42 Å². The molecule has 1 N–H and O–H groups in total. The molecule has 4 nitrogen and oxygen atoms in total. The van der Waals surface area contributed by atoms with Crippen LogP contribution in [0.1, 0.15) is 22.8 Å². The van der Waals surface area contributed by atoms with Gasteiger partial charge in [0.2, 0.25) is 0 Å². The number of fused-ring (bicyclic) bond motifs is 1. The molecule has 0 saturated carbocycles. The van der Waals surface area contributed by atoms with Crippen LogP contribution in [0.4, 0.5) is 17.2 Å². The van der Waals surface area contributed by atoms with Gasteiger partial charge in [-0.05, 0) is 61.4 Å². The van der Waals surface area contributed by atoms with Crippen LogP contribution in [0.25, 0.3) is 0 Å². The Morgan fingerprint density at radius 2 is 1.92 bits per heavy atom. The van der Waals surface area contributed by atoms with Crippen LogP contribution >= 0.6 is 11.6 Å². The van der Waals surface area contributed by atoms with Crippen molar-refractivity contribution >= 4 is 34.7 Å². The first-order valence-electron chi connectivity index (χ1n) is 8.52. The fourth-order valence-electron chi connectivity index (χ4n) is 3.33. The molecule has 0 fully saturated rings. The molecule has 4 rings (SSSR count). The van der Waals surface area contributed by atoms with Crippen molar-refractivity contribution in [2.45, 2.75) is 19.4 Å². The van der Waals surface area contributed by atoms with Crippen LogP contribution in [0.15, 0.2) is 66.9 Å². The van der Waals surface area contributed by atoms with Crippen molar-refractivity contribution in [3.8, 4) is 0 Å². The maximum atomic E-state index is 13.1. The SMILES string of the molecule is CC1Cc2ccccc2N1C(=O)c1ccnc(Nc2ccc(Cl)cc2)c1. The van der Waals surface area contributed by atoms with Crippen LogP contribution in [0, 0.1) is 0 Å². The Morgan fingerprint density at radius 3 is 2.73 bits per heavy atom. The highest BCUT2D eigenvalue weighted by atomic mass is 35.5. The first-order chi connectivity index (χ1) is 12.6. The zero-order valence-electron chi connectivity index (χ0n) is 14.3. The van der Waals surface area contributed by atoms with E-state index >= 15 is 0 Å². The van der Waals surface area contributed by atoms with Crippen molar-refractivity contribution in [3.05, 3.63) is 83.0 Å². The molecule has 26 heavy (non-hydrogen) atoms. The number of aromatic nitrogens is 1. The van der Waals surface area contributed by atoms with Gasteiger partial charge in [-0.25, -0.2) is 4.98 Å². The number of nitrogens with one attached hydrogen (secondary N) is 1. The van der Waals surface area contributed by atoms with Gasteiger partial charge in [0.25, 0.3) is 5.91 Å². The first-order valence-corrected chi connectivity index (χ1v) is 8.90. The quantitative estimate of drug-likeness (QED) is 0.706. The predicted molar refractivity (Wildman–Crippen MR) is 105 cm³/mol. The van der Waals surface area contributed by atoms with Gasteiger partial charge in [-0.3, -0.25) is 4.79 Å². The van der Waals surface area contributed by atoms with Gasteiger partial charge < -0.3 is 10.2 Å². The molecule has 0 saturated heterocycles. The molecule has 0 aliphatic carbocycles. The van der Waals surface area contributed by atoms with Crippen molar-refractivity contribution in [3.63, 3.8) is 0 Å². The molecule has 1 unspecified atom stereocenters. The Hall–Kier alpha value is -2.85. The van der Waals surface area contributed by atoms with Gasteiger partial charge in [0.15, 0.2) is 0 Å². The lowest BCUT2D eigenvalue weighted by molar-refractivity contribution is 0.0981. The molecule has 2 aromatic carbocycles. The molecule has 0 spiro atoms. The Bertz CT molecular complexity index is 955. The van der Waals surface area contributed by atoms with E-state index in [1.165, 1.54) is 5.56 Å². The Labute approximate surface area is 157 Å². The summed E-state index contributed by atoms with van der Waals surface area (Å²) in [4.78, 5) is 19.3. The van der Waals surface area contributed by atoms with Crippen LogP contribution in [0.2, 0.25) is 5.02 Å². The van der Waals surface area contributed by atoms with Crippen LogP contribution in [0.3, 0.4) is 0 Å². The second kappa shape index (κ2) is 6.81. The Balaban J connectivity index is 1.60. The zero-order valence-corrected chi connectivity index (χ0v) is 15.1. The summed E-state index contributed by atoms with van der Waals surface area (Å²) in [6.07, 6.45) is 2.53. The van der Waals surface area contributed by atoms with Crippen molar-refractivity contribution in [2.24, 2.45) is 0 Å². The molecule has 1 aliphatic rings. The van der Waals surface area contributed by atoms with Crippen molar-refractivity contribution in [2.75, 3.05) is 10.2 Å². The molecule has 5 heteroatoms. The zero-order chi connectivity index (χ0) is 18.1. The van der Waals surface area contributed by atoms with E-state index in [1.807, 2.05) is 47.4 Å². The standard InChI is InChI=1S/C21H18ClN3O/c1-14-12-15-4-2-3-5-19(15)25(14)21(26)16-10-11-23-20(13-16)24-18-8-6-17(22)7-9-18/h2-11,13-14H,12H2,1H3,(H,23,24). The van der Waals surface area contributed by atoms with Crippen molar-refractivity contribution in [1.29, 1.82) is 0 Å². The summed E-state index contributed by atoms with van der Waals surface area (Å²) in [5, 5.41) is 3.88. The van der Waals surface area contributed by atoms with E-state index in [2.05, 4.69) is 23.3 Å². The molecular weight excluding hydrogens is 346 g/mol. The third-order valence-corrected chi connectivity index (χ3v) is 4.80. The van der Waals surface area contributed by atoms with Gasteiger partial charge in [-0.1, -0.05) is 29.8 Å². The number of hydrogen-bond donors (Lipinski definition) is 1. The molecule has 0 radical (unpaired) electrons. The average Bonchev–Trinajstić information content (AvgIpc) is 2.99. The summed E-state index contributed by atoms with van der Waals surface area (Å²) in [6.45, 7) is 2.08. The number of nitrogens with zero attached hydrogens (tertiary/aromatic N) is 2. The summed E-state index contributed by atoms with van der Waals surface area (Å²) in [5.74, 6) is 0.613. The molecule has 1 aromatic heterocycles. The van der Waals surface area contributed by atoms with Gasteiger partial charge >= 0.3 is 0 Å². The summed E-state index contributed by atoms with van der Waals surface area (Å²) < 4.78 is 0. The number of pyridine rings is 1. The maximum absolute atomic E-state index is 13.1. The molecule has 130 valence electrons. The smallest absolute Gasteiger partial charge is 0.258 e. The number of para-hydroxylation sites is 1. The molecule has 1 atom stereocenters. The van der Waals surface area contributed by atoms with E-state index < -0.39 is 0 Å². The number of carbonyl (C=O) groups excluding carboxylic acids is 1. The number of amides is 1. The maximum Gasteiger partial charge on any atom is 0.258 e. The molecule has 2 heterocycles. The van der Waals surface area contributed by atoms with Crippen LogP contribution in [0.5, 0.6) is 0 Å². The average molecular weight is 364 g/mol. The van der Waals surface area contributed by atoms with Crippen LogP contribution < -0.4 is 10.2 Å². The van der Waals surface area contributed by atoms with E-state index in [9.17, 15) is 4.79 Å². The van der Waals surface area contributed by atoms with Crippen LogP contribution in [-0.4, -0.2) is 16.9 Å². The normalized spacial score (nSPS) is 15.6.